The van der Waals surface area contributed by atoms with E-state index in [0.717, 1.165) is 19.6 Å². The van der Waals surface area contributed by atoms with E-state index in [1.165, 1.54) is 31.4 Å². The zero-order valence-electron chi connectivity index (χ0n) is 11.4. The van der Waals surface area contributed by atoms with Gasteiger partial charge in [0.1, 0.15) is 0 Å². The first-order valence-corrected chi connectivity index (χ1v) is 6.97. The molecule has 0 amide bonds. The second-order valence-electron chi connectivity index (χ2n) is 5.05. The van der Waals surface area contributed by atoms with E-state index in [1.54, 1.807) is 5.57 Å². The maximum absolute atomic E-state index is 3.22. The van der Waals surface area contributed by atoms with E-state index >= 15 is 0 Å². The largest absolute Gasteiger partial charge is 0.320 e. The normalized spacial score (nSPS) is 16.6. The van der Waals surface area contributed by atoms with Crippen molar-refractivity contribution in [2.24, 2.45) is 0 Å². The average molecular weight is 244 g/mol. The van der Waals surface area contributed by atoms with Gasteiger partial charge in [0.05, 0.1) is 0 Å². The molecule has 0 fully saturated rings. The van der Waals surface area contributed by atoms with Gasteiger partial charge in [-0.2, -0.15) is 0 Å². The fraction of sp³-hybridized carbons (Fsp3) is 0.500. The maximum Gasteiger partial charge on any atom is 0.0237 e. The molecule has 1 N–H and O–H groups in total. The smallest absolute Gasteiger partial charge is 0.0237 e. The van der Waals surface area contributed by atoms with Gasteiger partial charge in [-0.25, -0.2) is 0 Å². The molecule has 2 heteroatoms. The minimum atomic E-state index is 1.09. The van der Waals surface area contributed by atoms with Crippen LogP contribution in [0.4, 0.5) is 0 Å². The first-order valence-electron chi connectivity index (χ1n) is 6.97. The lowest BCUT2D eigenvalue weighted by atomic mass is 10.0. The molecule has 1 aliphatic rings. The summed E-state index contributed by atoms with van der Waals surface area (Å²) >= 11 is 0. The quantitative estimate of drug-likeness (QED) is 0.611. The summed E-state index contributed by atoms with van der Waals surface area (Å²) in [5.41, 5.74) is 3.04. The summed E-state index contributed by atoms with van der Waals surface area (Å²) in [7, 11) is 2.02. The Balaban J connectivity index is 1.80. The second-order valence-corrected chi connectivity index (χ2v) is 5.05. The molecule has 0 bridgehead atoms. The van der Waals surface area contributed by atoms with Gasteiger partial charge < -0.3 is 5.32 Å². The van der Waals surface area contributed by atoms with Crippen LogP contribution in [0.3, 0.4) is 0 Å². The first kappa shape index (κ1) is 13.3. The molecule has 1 aromatic carbocycles. The van der Waals surface area contributed by atoms with Crippen molar-refractivity contribution in [2.75, 3.05) is 26.7 Å². The van der Waals surface area contributed by atoms with Gasteiger partial charge >= 0.3 is 0 Å². The van der Waals surface area contributed by atoms with Crippen LogP contribution in [-0.4, -0.2) is 31.6 Å². The Morgan fingerprint density at radius 2 is 2.06 bits per heavy atom. The van der Waals surface area contributed by atoms with Crippen LogP contribution in [0.15, 0.2) is 42.0 Å². The Morgan fingerprint density at radius 1 is 1.22 bits per heavy atom. The molecule has 1 aliphatic heterocycles. The van der Waals surface area contributed by atoms with Crippen LogP contribution in [0.5, 0.6) is 0 Å². The number of benzene rings is 1. The molecule has 2 nitrogen and oxygen atoms in total. The molecular weight excluding hydrogens is 220 g/mol. The zero-order valence-corrected chi connectivity index (χ0v) is 11.4. The number of nitrogens with zero attached hydrogens (tertiary/aromatic N) is 1. The van der Waals surface area contributed by atoms with E-state index in [2.05, 4.69) is 46.6 Å². The number of rotatable bonds is 6. The molecule has 0 aromatic heterocycles. The predicted molar refractivity (Wildman–Crippen MR) is 77.6 cm³/mol. The van der Waals surface area contributed by atoms with Crippen LogP contribution in [-0.2, 0) is 6.54 Å². The fourth-order valence-corrected chi connectivity index (χ4v) is 2.53. The molecule has 2 rings (SSSR count). The van der Waals surface area contributed by atoms with E-state index in [0.29, 0.717) is 0 Å². The highest BCUT2D eigenvalue weighted by molar-refractivity contribution is 5.16. The van der Waals surface area contributed by atoms with E-state index in [9.17, 15) is 0 Å². The Bertz CT molecular complexity index is 370. The average Bonchev–Trinajstić information content (AvgIpc) is 2.41. The van der Waals surface area contributed by atoms with Crippen molar-refractivity contribution in [1.82, 2.24) is 10.2 Å². The summed E-state index contributed by atoms with van der Waals surface area (Å²) in [4.78, 5) is 2.56. The third kappa shape index (κ3) is 4.28. The molecule has 18 heavy (non-hydrogen) atoms. The molecule has 98 valence electrons. The fourth-order valence-electron chi connectivity index (χ4n) is 2.53. The predicted octanol–water partition coefficient (Wildman–Crippen LogP) is 2.82. The third-order valence-electron chi connectivity index (χ3n) is 3.48. The number of hydrogen-bond acceptors (Lipinski definition) is 2. The minimum absolute atomic E-state index is 1.09. The van der Waals surface area contributed by atoms with Crippen LogP contribution < -0.4 is 5.32 Å². The molecule has 0 aliphatic carbocycles. The molecule has 0 atom stereocenters. The van der Waals surface area contributed by atoms with Gasteiger partial charge in [-0.05, 0) is 38.4 Å². The van der Waals surface area contributed by atoms with Gasteiger partial charge in [0, 0.05) is 19.6 Å². The van der Waals surface area contributed by atoms with Crippen molar-refractivity contribution < 1.29 is 0 Å². The Morgan fingerprint density at radius 3 is 2.83 bits per heavy atom. The Labute approximate surface area is 111 Å². The summed E-state index contributed by atoms with van der Waals surface area (Å²) in [5.74, 6) is 0. The number of nitrogens with one attached hydrogen (secondary N) is 1. The summed E-state index contributed by atoms with van der Waals surface area (Å²) in [6.45, 7) is 4.56. The van der Waals surface area contributed by atoms with Gasteiger partial charge in [0.2, 0.25) is 0 Å². The van der Waals surface area contributed by atoms with E-state index in [-0.39, 0.29) is 0 Å². The van der Waals surface area contributed by atoms with Crippen LogP contribution in [0, 0.1) is 0 Å². The van der Waals surface area contributed by atoms with Gasteiger partial charge in [-0.1, -0.05) is 42.0 Å². The molecule has 1 aromatic rings. The van der Waals surface area contributed by atoms with Crippen LogP contribution in [0.2, 0.25) is 0 Å². The van der Waals surface area contributed by atoms with Crippen LogP contribution in [0.1, 0.15) is 24.8 Å². The molecule has 0 radical (unpaired) electrons. The van der Waals surface area contributed by atoms with E-state index in [1.807, 2.05) is 7.05 Å². The SMILES string of the molecule is CNCCCC1=CCCN(Cc2ccccc2)C1. The summed E-state index contributed by atoms with van der Waals surface area (Å²) < 4.78 is 0. The van der Waals surface area contributed by atoms with Crippen molar-refractivity contribution in [3.63, 3.8) is 0 Å². The lowest BCUT2D eigenvalue weighted by molar-refractivity contribution is 0.278. The van der Waals surface area contributed by atoms with Crippen molar-refractivity contribution >= 4 is 0 Å². The van der Waals surface area contributed by atoms with Gasteiger partial charge in [0.25, 0.3) is 0 Å². The van der Waals surface area contributed by atoms with Gasteiger partial charge in [-0.3, -0.25) is 4.90 Å². The van der Waals surface area contributed by atoms with Crippen molar-refractivity contribution in [3.05, 3.63) is 47.5 Å². The van der Waals surface area contributed by atoms with Crippen LogP contribution >= 0.6 is 0 Å². The number of hydrogen-bond donors (Lipinski definition) is 1. The molecule has 0 unspecified atom stereocenters. The van der Waals surface area contributed by atoms with Crippen molar-refractivity contribution in [2.45, 2.75) is 25.8 Å². The standard InChI is InChI=1S/C16H24N2/c1-17-11-5-9-16-10-6-12-18(14-16)13-15-7-3-2-4-8-15/h2-4,7-8,10,17H,5-6,9,11-14H2,1H3. The van der Waals surface area contributed by atoms with Crippen molar-refractivity contribution in [1.29, 1.82) is 0 Å². The van der Waals surface area contributed by atoms with Crippen LogP contribution in [0.25, 0.3) is 0 Å². The molecule has 0 saturated heterocycles. The Hall–Kier alpha value is -1.12. The lowest BCUT2D eigenvalue weighted by Crippen LogP contribution is -2.29. The minimum Gasteiger partial charge on any atom is -0.320 e. The highest BCUT2D eigenvalue weighted by Gasteiger charge is 2.12. The summed E-state index contributed by atoms with van der Waals surface area (Å²) in [5, 5.41) is 3.22. The van der Waals surface area contributed by atoms with E-state index < -0.39 is 0 Å². The Kier molecular flexibility index (Phi) is 5.43. The topological polar surface area (TPSA) is 15.3 Å². The monoisotopic (exact) mass is 244 g/mol. The highest BCUT2D eigenvalue weighted by Crippen LogP contribution is 2.16. The molecule has 0 spiro atoms. The summed E-state index contributed by atoms with van der Waals surface area (Å²) in [6.07, 6.45) is 6.15. The third-order valence-corrected chi connectivity index (χ3v) is 3.48. The maximum atomic E-state index is 3.22. The summed E-state index contributed by atoms with van der Waals surface area (Å²) in [6, 6.07) is 10.8. The second kappa shape index (κ2) is 7.34. The lowest BCUT2D eigenvalue weighted by Gasteiger charge is -2.27. The molecule has 1 heterocycles. The van der Waals surface area contributed by atoms with Gasteiger partial charge in [-0.15, -0.1) is 0 Å². The highest BCUT2D eigenvalue weighted by atomic mass is 15.1. The first-order chi connectivity index (χ1) is 8.88. The molecule has 0 saturated carbocycles. The van der Waals surface area contributed by atoms with Crippen molar-refractivity contribution in [3.8, 4) is 0 Å². The zero-order chi connectivity index (χ0) is 12.6. The molecular formula is C16H24N2. The van der Waals surface area contributed by atoms with E-state index in [4.69, 9.17) is 0 Å². The van der Waals surface area contributed by atoms with Gasteiger partial charge in [0.15, 0.2) is 0 Å².